The SMILES string of the molecule is CCc1nn(C)c(CC)c1CNC(=NC)N1CCN(Cc2ccc(OC)c(F)c2)CC1. The van der Waals surface area contributed by atoms with E-state index in [1.807, 2.05) is 24.8 Å². The Kier molecular flexibility index (Phi) is 7.90. The van der Waals surface area contributed by atoms with Crippen molar-refractivity contribution < 1.29 is 9.13 Å². The second kappa shape index (κ2) is 10.6. The van der Waals surface area contributed by atoms with E-state index in [2.05, 4.69) is 39.1 Å². The van der Waals surface area contributed by atoms with Gasteiger partial charge in [0, 0.05) is 64.6 Å². The fraction of sp³-hybridized carbons (Fsp3) is 0.565. The molecule has 8 heteroatoms. The number of aliphatic imine (C=N–C) groups is 1. The second-order valence-corrected chi connectivity index (χ2v) is 7.84. The van der Waals surface area contributed by atoms with Gasteiger partial charge in [-0.2, -0.15) is 5.10 Å². The molecule has 1 N–H and O–H groups in total. The number of guanidine groups is 1. The molecule has 0 bridgehead atoms. The first-order valence-electron chi connectivity index (χ1n) is 11.0. The van der Waals surface area contributed by atoms with Crippen molar-refractivity contribution in [3.05, 3.63) is 46.5 Å². The number of rotatable bonds is 7. The maximum atomic E-state index is 14.0. The van der Waals surface area contributed by atoms with E-state index in [1.165, 1.54) is 18.4 Å². The van der Waals surface area contributed by atoms with Crippen molar-refractivity contribution in [2.45, 2.75) is 39.8 Å². The molecule has 0 aliphatic carbocycles. The minimum Gasteiger partial charge on any atom is -0.494 e. The van der Waals surface area contributed by atoms with Gasteiger partial charge in [0.05, 0.1) is 12.8 Å². The highest BCUT2D eigenvalue weighted by Gasteiger charge is 2.21. The summed E-state index contributed by atoms with van der Waals surface area (Å²) in [5.41, 5.74) is 4.68. The smallest absolute Gasteiger partial charge is 0.194 e. The number of nitrogens with one attached hydrogen (secondary N) is 1. The Morgan fingerprint density at radius 2 is 1.94 bits per heavy atom. The number of halogens is 1. The number of hydrogen-bond acceptors (Lipinski definition) is 4. The standard InChI is InChI=1S/C23H35FN6O/c1-6-20-18(21(7-2)28(4)27-20)15-26-23(25-3)30-12-10-29(11-13-30)16-17-8-9-22(31-5)19(24)14-17/h8-9,14H,6-7,10-13,15-16H2,1-5H3,(H,25,26). The average Bonchev–Trinajstić information content (AvgIpc) is 3.09. The molecule has 1 aromatic carbocycles. The van der Waals surface area contributed by atoms with Gasteiger partial charge in [-0.25, -0.2) is 4.39 Å². The first-order valence-corrected chi connectivity index (χ1v) is 11.0. The Morgan fingerprint density at radius 3 is 2.52 bits per heavy atom. The Labute approximate surface area is 184 Å². The van der Waals surface area contributed by atoms with Crippen molar-refractivity contribution >= 4 is 5.96 Å². The molecular formula is C23H35FN6O. The van der Waals surface area contributed by atoms with E-state index < -0.39 is 0 Å². The van der Waals surface area contributed by atoms with Gasteiger partial charge in [0.2, 0.25) is 0 Å². The quantitative estimate of drug-likeness (QED) is 0.541. The lowest BCUT2D eigenvalue weighted by Crippen LogP contribution is -2.52. The van der Waals surface area contributed by atoms with E-state index in [0.29, 0.717) is 0 Å². The molecule has 0 unspecified atom stereocenters. The van der Waals surface area contributed by atoms with Crippen LogP contribution in [0.15, 0.2) is 23.2 Å². The van der Waals surface area contributed by atoms with Crippen LogP contribution >= 0.6 is 0 Å². The molecule has 1 aliphatic rings. The maximum Gasteiger partial charge on any atom is 0.194 e. The second-order valence-electron chi connectivity index (χ2n) is 7.84. The van der Waals surface area contributed by atoms with Crippen LogP contribution in [0.4, 0.5) is 4.39 Å². The Bertz CT molecular complexity index is 902. The van der Waals surface area contributed by atoms with Gasteiger partial charge in [0.25, 0.3) is 0 Å². The lowest BCUT2D eigenvalue weighted by molar-refractivity contribution is 0.172. The molecule has 0 atom stereocenters. The zero-order chi connectivity index (χ0) is 22.4. The number of methoxy groups -OCH3 is 1. The molecule has 2 aromatic rings. The summed E-state index contributed by atoms with van der Waals surface area (Å²) in [6.45, 7) is 9.35. The van der Waals surface area contributed by atoms with Gasteiger partial charge in [-0.3, -0.25) is 14.6 Å². The zero-order valence-corrected chi connectivity index (χ0v) is 19.4. The number of aromatic nitrogens is 2. The van der Waals surface area contributed by atoms with E-state index in [4.69, 9.17) is 4.74 Å². The fourth-order valence-corrected chi connectivity index (χ4v) is 4.28. The summed E-state index contributed by atoms with van der Waals surface area (Å²) in [6, 6.07) is 5.19. The highest BCUT2D eigenvalue weighted by molar-refractivity contribution is 5.80. The molecule has 1 fully saturated rings. The van der Waals surface area contributed by atoms with Crippen molar-refractivity contribution in [2.24, 2.45) is 12.0 Å². The molecule has 170 valence electrons. The summed E-state index contributed by atoms with van der Waals surface area (Å²) in [6.07, 6.45) is 1.89. The monoisotopic (exact) mass is 430 g/mol. The third-order valence-electron chi connectivity index (χ3n) is 5.96. The van der Waals surface area contributed by atoms with Crippen LogP contribution in [0.1, 0.15) is 36.4 Å². The molecular weight excluding hydrogens is 395 g/mol. The summed E-state index contributed by atoms with van der Waals surface area (Å²) >= 11 is 0. The molecule has 0 saturated carbocycles. The molecule has 0 amide bonds. The predicted molar refractivity (Wildman–Crippen MR) is 122 cm³/mol. The molecule has 0 radical (unpaired) electrons. The normalized spacial score (nSPS) is 15.4. The fourth-order valence-electron chi connectivity index (χ4n) is 4.28. The van der Waals surface area contributed by atoms with Gasteiger partial charge in [-0.05, 0) is 30.5 Å². The molecule has 7 nitrogen and oxygen atoms in total. The topological polar surface area (TPSA) is 57.9 Å². The van der Waals surface area contributed by atoms with Gasteiger partial charge in [-0.15, -0.1) is 0 Å². The summed E-state index contributed by atoms with van der Waals surface area (Å²) in [4.78, 5) is 9.14. The molecule has 2 heterocycles. The predicted octanol–water partition coefficient (Wildman–Crippen LogP) is 2.59. The minimum atomic E-state index is -0.309. The van der Waals surface area contributed by atoms with Crippen LogP contribution in [0, 0.1) is 5.82 Å². The number of piperazine rings is 1. The van der Waals surface area contributed by atoms with Gasteiger partial charge in [0.15, 0.2) is 17.5 Å². The third-order valence-corrected chi connectivity index (χ3v) is 5.96. The van der Waals surface area contributed by atoms with Crippen LogP contribution in [-0.4, -0.2) is 65.9 Å². The van der Waals surface area contributed by atoms with Gasteiger partial charge in [-0.1, -0.05) is 19.9 Å². The van der Waals surface area contributed by atoms with Crippen LogP contribution in [0.3, 0.4) is 0 Å². The Hall–Kier alpha value is -2.61. The first kappa shape index (κ1) is 23.1. The van der Waals surface area contributed by atoms with E-state index in [0.717, 1.165) is 69.3 Å². The van der Waals surface area contributed by atoms with Crippen LogP contribution in [0.2, 0.25) is 0 Å². The molecule has 31 heavy (non-hydrogen) atoms. The molecule has 1 aliphatic heterocycles. The van der Waals surface area contributed by atoms with Crippen LogP contribution in [-0.2, 0) is 33.0 Å². The van der Waals surface area contributed by atoms with Crippen LogP contribution in [0.5, 0.6) is 5.75 Å². The van der Waals surface area contributed by atoms with Crippen LogP contribution in [0.25, 0.3) is 0 Å². The average molecular weight is 431 g/mol. The number of hydrogen-bond donors (Lipinski definition) is 1. The largest absolute Gasteiger partial charge is 0.494 e. The van der Waals surface area contributed by atoms with Crippen molar-refractivity contribution in [2.75, 3.05) is 40.3 Å². The molecule has 3 rings (SSSR count). The maximum absolute atomic E-state index is 14.0. The van der Waals surface area contributed by atoms with E-state index in [9.17, 15) is 4.39 Å². The third kappa shape index (κ3) is 5.36. The first-order chi connectivity index (χ1) is 15.0. The lowest BCUT2D eigenvalue weighted by Gasteiger charge is -2.36. The summed E-state index contributed by atoms with van der Waals surface area (Å²) in [7, 11) is 5.34. The summed E-state index contributed by atoms with van der Waals surface area (Å²) in [5, 5.41) is 8.21. The van der Waals surface area contributed by atoms with E-state index in [1.54, 1.807) is 12.1 Å². The number of benzene rings is 1. The molecule has 1 saturated heterocycles. The van der Waals surface area contributed by atoms with Crippen molar-refractivity contribution in [1.82, 2.24) is 24.9 Å². The highest BCUT2D eigenvalue weighted by atomic mass is 19.1. The van der Waals surface area contributed by atoms with E-state index >= 15 is 0 Å². The molecule has 1 aromatic heterocycles. The van der Waals surface area contributed by atoms with Crippen molar-refractivity contribution in [3.63, 3.8) is 0 Å². The number of nitrogens with zero attached hydrogens (tertiary/aromatic N) is 5. The van der Waals surface area contributed by atoms with Gasteiger partial charge in [0.1, 0.15) is 0 Å². The Balaban J connectivity index is 1.55. The summed E-state index contributed by atoms with van der Waals surface area (Å²) < 4.78 is 21.0. The zero-order valence-electron chi connectivity index (χ0n) is 19.4. The van der Waals surface area contributed by atoms with Gasteiger partial charge < -0.3 is 15.0 Å². The highest BCUT2D eigenvalue weighted by Crippen LogP contribution is 2.19. The Morgan fingerprint density at radius 1 is 1.19 bits per heavy atom. The lowest BCUT2D eigenvalue weighted by atomic mass is 10.1. The summed E-state index contributed by atoms with van der Waals surface area (Å²) in [5.74, 6) is 0.897. The van der Waals surface area contributed by atoms with Crippen molar-refractivity contribution in [1.29, 1.82) is 0 Å². The number of aryl methyl sites for hydroxylation is 2. The molecule has 0 spiro atoms. The van der Waals surface area contributed by atoms with Crippen LogP contribution < -0.4 is 10.1 Å². The minimum absolute atomic E-state index is 0.287. The number of ether oxygens (including phenoxy) is 1. The van der Waals surface area contributed by atoms with Crippen molar-refractivity contribution in [3.8, 4) is 5.75 Å². The van der Waals surface area contributed by atoms with E-state index in [-0.39, 0.29) is 11.6 Å². The van der Waals surface area contributed by atoms with Gasteiger partial charge >= 0.3 is 0 Å².